The number of rotatable bonds is 10. The summed E-state index contributed by atoms with van der Waals surface area (Å²) in [7, 11) is -1.66. The molecule has 3 atom stereocenters. The molecule has 8 nitrogen and oxygen atoms in total. The van der Waals surface area contributed by atoms with E-state index in [1.807, 2.05) is 0 Å². The lowest BCUT2D eigenvalue weighted by Crippen LogP contribution is -2.56. The molecular weight excluding hydrogens is 287 g/mol. The van der Waals surface area contributed by atoms with E-state index in [2.05, 4.69) is 10.6 Å². The lowest BCUT2D eigenvalue weighted by Gasteiger charge is -2.24. The lowest BCUT2D eigenvalue weighted by atomic mass is 9.73. The normalized spacial score (nSPS) is 15.1. The van der Waals surface area contributed by atoms with E-state index < -0.39 is 37.0 Å². The van der Waals surface area contributed by atoms with Crippen LogP contribution >= 0.6 is 0 Å². The van der Waals surface area contributed by atoms with Crippen LogP contribution in [-0.4, -0.2) is 53.6 Å². The molecule has 8 N–H and O–H groups in total. The predicted molar refractivity (Wildman–Crippen MR) is 85.4 cm³/mol. The summed E-state index contributed by atoms with van der Waals surface area (Å²) >= 11 is 0. The minimum absolute atomic E-state index is 0.162. The van der Waals surface area contributed by atoms with Gasteiger partial charge in [-0.2, -0.15) is 0 Å². The van der Waals surface area contributed by atoms with Gasteiger partial charge in [0.2, 0.25) is 11.8 Å². The number of nitrogens with two attached hydrogens (primary N) is 2. The van der Waals surface area contributed by atoms with E-state index in [-0.39, 0.29) is 5.92 Å². The van der Waals surface area contributed by atoms with E-state index in [1.54, 1.807) is 13.8 Å². The minimum atomic E-state index is -1.66. The van der Waals surface area contributed by atoms with Crippen molar-refractivity contribution in [2.75, 3.05) is 6.54 Å². The van der Waals surface area contributed by atoms with Crippen LogP contribution in [-0.2, 0) is 9.59 Å². The molecule has 0 aromatic rings. The van der Waals surface area contributed by atoms with Crippen molar-refractivity contribution in [3.05, 3.63) is 0 Å². The molecule has 0 aliphatic heterocycles. The third-order valence-corrected chi connectivity index (χ3v) is 3.41. The Hall–Kier alpha value is -1.16. The third-order valence-electron chi connectivity index (χ3n) is 3.41. The molecule has 2 amide bonds. The number of carbonyl (C=O) groups excluding carboxylic acids is 2. The Morgan fingerprint density at radius 1 is 1.09 bits per heavy atom. The fourth-order valence-electron chi connectivity index (χ4n) is 1.90. The van der Waals surface area contributed by atoms with Crippen molar-refractivity contribution >= 4 is 18.9 Å². The summed E-state index contributed by atoms with van der Waals surface area (Å²) in [6, 6.07) is -1.50. The number of hydrogen-bond acceptors (Lipinski definition) is 6. The summed E-state index contributed by atoms with van der Waals surface area (Å²) in [5, 5.41) is 23.5. The zero-order valence-electron chi connectivity index (χ0n) is 13.6. The van der Waals surface area contributed by atoms with Crippen LogP contribution < -0.4 is 22.1 Å². The first-order valence-electron chi connectivity index (χ1n) is 7.63. The zero-order chi connectivity index (χ0) is 17.3. The van der Waals surface area contributed by atoms with E-state index in [1.165, 1.54) is 6.92 Å². The van der Waals surface area contributed by atoms with Crippen LogP contribution in [0.5, 0.6) is 0 Å². The van der Waals surface area contributed by atoms with Crippen molar-refractivity contribution < 1.29 is 19.6 Å². The maximum Gasteiger partial charge on any atom is 0.475 e. The molecule has 0 aromatic carbocycles. The van der Waals surface area contributed by atoms with Crippen molar-refractivity contribution in [3.8, 4) is 0 Å². The van der Waals surface area contributed by atoms with Crippen LogP contribution in [0.1, 0.15) is 40.0 Å². The third kappa shape index (κ3) is 7.74. The van der Waals surface area contributed by atoms with Gasteiger partial charge in [0.05, 0.1) is 12.0 Å². The molecule has 9 heteroatoms. The first-order valence-corrected chi connectivity index (χ1v) is 7.63. The predicted octanol–water partition coefficient (Wildman–Crippen LogP) is -1.90. The van der Waals surface area contributed by atoms with E-state index in [0.29, 0.717) is 13.0 Å². The Kier molecular flexibility index (Phi) is 10.00. The molecule has 0 aliphatic rings. The second-order valence-electron chi connectivity index (χ2n) is 5.81. The summed E-state index contributed by atoms with van der Waals surface area (Å²) in [5.41, 5.74) is 11.1. The van der Waals surface area contributed by atoms with Crippen molar-refractivity contribution in [3.63, 3.8) is 0 Å². The summed E-state index contributed by atoms with van der Waals surface area (Å²) in [5.74, 6) is -1.87. The van der Waals surface area contributed by atoms with Crippen LogP contribution in [0.15, 0.2) is 0 Å². The van der Waals surface area contributed by atoms with Crippen LogP contribution in [0.4, 0.5) is 0 Å². The molecule has 0 aliphatic carbocycles. The molecule has 0 unspecified atom stereocenters. The average Bonchev–Trinajstić information content (AvgIpc) is 2.43. The van der Waals surface area contributed by atoms with Crippen LogP contribution in [0.3, 0.4) is 0 Å². The molecule has 0 spiro atoms. The molecule has 0 bridgehead atoms. The fraction of sp³-hybridized carbons (Fsp3) is 0.846. The summed E-state index contributed by atoms with van der Waals surface area (Å²) in [4.78, 5) is 23.8. The first-order chi connectivity index (χ1) is 10.2. The van der Waals surface area contributed by atoms with Crippen molar-refractivity contribution in [2.24, 2.45) is 17.4 Å². The quantitative estimate of drug-likeness (QED) is 0.205. The molecule has 0 saturated heterocycles. The van der Waals surface area contributed by atoms with Gasteiger partial charge < -0.3 is 32.1 Å². The number of hydrogen-bond donors (Lipinski definition) is 6. The fourth-order valence-corrected chi connectivity index (χ4v) is 1.90. The highest BCUT2D eigenvalue weighted by atomic mass is 16.4. The first kappa shape index (κ1) is 20.8. The maximum absolute atomic E-state index is 12.0. The smallest absolute Gasteiger partial charge is 0.426 e. The molecule has 0 aromatic heterocycles. The molecule has 128 valence electrons. The Bertz CT molecular complexity index is 347. The van der Waals surface area contributed by atoms with Crippen LogP contribution in [0.25, 0.3) is 0 Å². The molecular formula is C13H29BN4O4. The molecule has 0 heterocycles. The standard InChI is InChI=1S/C13H29BN4O4/c1-8(2)11(14(21)22)18-12(19)9(3)17-13(20)10(16)6-4-5-7-15/h8-11,21-22H,4-7,15-16H2,1-3H3,(H,17,20)(H,18,19)/t9-,10-,11-/m0/s1. The lowest BCUT2D eigenvalue weighted by molar-refractivity contribution is -0.129. The molecule has 0 rings (SSSR count). The molecule has 0 fully saturated rings. The largest absolute Gasteiger partial charge is 0.475 e. The molecule has 0 saturated carbocycles. The second-order valence-corrected chi connectivity index (χ2v) is 5.81. The Labute approximate surface area is 132 Å². The van der Waals surface area contributed by atoms with Gasteiger partial charge in [-0.1, -0.05) is 20.3 Å². The van der Waals surface area contributed by atoms with Crippen LogP contribution in [0.2, 0.25) is 0 Å². The topological polar surface area (TPSA) is 151 Å². The number of carbonyl (C=O) groups is 2. The highest BCUT2D eigenvalue weighted by molar-refractivity contribution is 6.43. The monoisotopic (exact) mass is 316 g/mol. The Balaban J connectivity index is 4.36. The van der Waals surface area contributed by atoms with Crippen LogP contribution in [0, 0.1) is 5.92 Å². The highest BCUT2D eigenvalue weighted by Crippen LogP contribution is 2.03. The van der Waals surface area contributed by atoms with Gasteiger partial charge in [0.1, 0.15) is 6.04 Å². The van der Waals surface area contributed by atoms with Gasteiger partial charge in [-0.3, -0.25) is 9.59 Å². The molecule has 22 heavy (non-hydrogen) atoms. The van der Waals surface area contributed by atoms with E-state index in [9.17, 15) is 19.6 Å². The SMILES string of the molecule is CC(C)[C@H](NC(=O)[C@H](C)NC(=O)[C@@H](N)CCCCN)B(O)O. The number of amides is 2. The Morgan fingerprint density at radius 2 is 1.68 bits per heavy atom. The van der Waals surface area contributed by atoms with Gasteiger partial charge in [-0.25, -0.2) is 0 Å². The van der Waals surface area contributed by atoms with Crippen molar-refractivity contribution in [2.45, 2.75) is 58.1 Å². The zero-order valence-corrected chi connectivity index (χ0v) is 13.6. The second kappa shape index (κ2) is 10.6. The highest BCUT2D eigenvalue weighted by Gasteiger charge is 2.30. The van der Waals surface area contributed by atoms with E-state index in [0.717, 1.165) is 12.8 Å². The summed E-state index contributed by atoms with van der Waals surface area (Å²) in [6.07, 6.45) is 2.04. The number of unbranched alkanes of at least 4 members (excludes halogenated alkanes) is 1. The maximum atomic E-state index is 12.0. The van der Waals surface area contributed by atoms with Crippen molar-refractivity contribution in [1.29, 1.82) is 0 Å². The van der Waals surface area contributed by atoms with Gasteiger partial charge in [0.25, 0.3) is 0 Å². The van der Waals surface area contributed by atoms with Gasteiger partial charge in [-0.05, 0) is 32.2 Å². The van der Waals surface area contributed by atoms with Gasteiger partial charge in [0.15, 0.2) is 0 Å². The number of nitrogens with one attached hydrogen (secondary N) is 2. The average molecular weight is 316 g/mol. The van der Waals surface area contributed by atoms with Gasteiger partial charge >= 0.3 is 7.12 Å². The van der Waals surface area contributed by atoms with E-state index >= 15 is 0 Å². The van der Waals surface area contributed by atoms with Gasteiger partial charge in [0, 0.05) is 0 Å². The summed E-state index contributed by atoms with van der Waals surface area (Å²) < 4.78 is 0. The minimum Gasteiger partial charge on any atom is -0.426 e. The Morgan fingerprint density at radius 3 is 2.14 bits per heavy atom. The van der Waals surface area contributed by atoms with E-state index in [4.69, 9.17) is 11.5 Å². The molecule has 0 radical (unpaired) electrons. The van der Waals surface area contributed by atoms with Gasteiger partial charge in [-0.15, -0.1) is 0 Å². The van der Waals surface area contributed by atoms with Crippen molar-refractivity contribution in [1.82, 2.24) is 10.6 Å². The summed E-state index contributed by atoms with van der Waals surface area (Å²) in [6.45, 7) is 5.57.